The molecule has 0 aliphatic carbocycles. The van der Waals surface area contributed by atoms with Crippen LogP contribution >= 0.6 is 15.9 Å². The second-order valence-electron chi connectivity index (χ2n) is 4.19. The highest BCUT2D eigenvalue weighted by Crippen LogP contribution is 2.23. The van der Waals surface area contributed by atoms with Crippen LogP contribution in [0.2, 0.25) is 0 Å². The highest BCUT2D eigenvalue weighted by Gasteiger charge is 2.20. The summed E-state index contributed by atoms with van der Waals surface area (Å²) < 4.78 is 7.28. The molecule has 1 aromatic heterocycles. The van der Waals surface area contributed by atoms with Crippen molar-refractivity contribution >= 4 is 33.5 Å². The normalized spacial score (nSPS) is 10.2. The van der Waals surface area contributed by atoms with E-state index in [9.17, 15) is 9.59 Å². The molecule has 2 rings (SSSR count). The van der Waals surface area contributed by atoms with Gasteiger partial charge >= 0.3 is 5.97 Å². The quantitative estimate of drug-likeness (QED) is 0.859. The molecule has 1 amide bonds. The fourth-order valence-electron chi connectivity index (χ4n) is 1.77. The first-order chi connectivity index (χ1) is 10.0. The minimum atomic E-state index is -0.577. The second-order valence-corrected chi connectivity index (χ2v) is 5.04. The van der Waals surface area contributed by atoms with E-state index in [0.717, 1.165) is 10.2 Å². The van der Waals surface area contributed by atoms with Crippen LogP contribution in [0.1, 0.15) is 24.3 Å². The fourth-order valence-corrected chi connectivity index (χ4v) is 2.23. The zero-order valence-corrected chi connectivity index (χ0v) is 13.2. The second kappa shape index (κ2) is 6.53. The lowest BCUT2D eigenvalue weighted by atomic mass is 10.3. The molecule has 0 fully saturated rings. The lowest BCUT2D eigenvalue weighted by Crippen LogP contribution is -2.12. The Labute approximate surface area is 130 Å². The zero-order chi connectivity index (χ0) is 15.4. The fraction of sp³-hybridized carbons (Fsp3) is 0.214. The Morgan fingerprint density at radius 3 is 2.71 bits per heavy atom. The van der Waals surface area contributed by atoms with E-state index in [1.807, 2.05) is 24.3 Å². The molecule has 21 heavy (non-hydrogen) atoms. The molecule has 110 valence electrons. The van der Waals surface area contributed by atoms with E-state index in [1.54, 1.807) is 13.1 Å². The summed E-state index contributed by atoms with van der Waals surface area (Å²) in [6, 6.07) is 7.42. The first-order valence-corrected chi connectivity index (χ1v) is 7.11. The van der Waals surface area contributed by atoms with Crippen LogP contribution in [-0.4, -0.2) is 28.3 Å². The average molecular weight is 352 g/mol. The highest BCUT2D eigenvalue weighted by atomic mass is 79.9. The van der Waals surface area contributed by atoms with Crippen molar-refractivity contribution in [3.05, 3.63) is 40.6 Å². The highest BCUT2D eigenvalue weighted by molar-refractivity contribution is 9.10. The van der Waals surface area contributed by atoms with E-state index >= 15 is 0 Å². The number of nitrogens with one attached hydrogen (secondary N) is 1. The lowest BCUT2D eigenvalue weighted by molar-refractivity contribution is -0.114. The number of carbonyl (C=O) groups excluding carboxylic acids is 2. The maximum Gasteiger partial charge on any atom is 0.361 e. The van der Waals surface area contributed by atoms with Gasteiger partial charge in [-0.25, -0.2) is 9.48 Å². The summed E-state index contributed by atoms with van der Waals surface area (Å²) in [6.07, 6.45) is 1.58. The third-order valence-corrected chi connectivity index (χ3v) is 3.26. The lowest BCUT2D eigenvalue weighted by Gasteiger charge is -2.03. The van der Waals surface area contributed by atoms with Gasteiger partial charge in [0.25, 0.3) is 0 Å². The van der Waals surface area contributed by atoms with E-state index in [0.29, 0.717) is 5.69 Å². The molecule has 1 aromatic carbocycles. The average Bonchev–Trinajstić information content (AvgIpc) is 2.82. The molecule has 0 saturated heterocycles. The van der Waals surface area contributed by atoms with Crippen molar-refractivity contribution in [2.75, 3.05) is 11.9 Å². The Hall–Kier alpha value is -2.15. The van der Waals surface area contributed by atoms with Gasteiger partial charge in [-0.1, -0.05) is 12.1 Å². The predicted octanol–water partition coefficient (Wildman–Crippen LogP) is 2.77. The number of carbonyl (C=O) groups is 2. The van der Waals surface area contributed by atoms with Gasteiger partial charge in [-0.15, -0.1) is 0 Å². The van der Waals surface area contributed by atoms with Gasteiger partial charge in [-0.2, -0.15) is 5.10 Å². The molecule has 0 bridgehead atoms. The molecular formula is C14H14BrN3O3. The molecule has 0 unspecified atom stereocenters. The van der Waals surface area contributed by atoms with Crippen molar-refractivity contribution in [2.45, 2.75) is 13.8 Å². The van der Waals surface area contributed by atoms with Crippen LogP contribution in [0.4, 0.5) is 5.69 Å². The number of amides is 1. The largest absolute Gasteiger partial charge is 0.461 e. The molecule has 2 aromatic rings. The minimum Gasteiger partial charge on any atom is -0.461 e. The van der Waals surface area contributed by atoms with Crippen LogP contribution in [0, 0.1) is 0 Å². The van der Waals surface area contributed by atoms with E-state index in [2.05, 4.69) is 26.3 Å². The predicted molar refractivity (Wildman–Crippen MR) is 81.5 cm³/mol. The van der Waals surface area contributed by atoms with Crippen LogP contribution in [0.25, 0.3) is 5.69 Å². The Kier molecular flexibility index (Phi) is 4.74. The minimum absolute atomic E-state index is 0.0720. The zero-order valence-electron chi connectivity index (χ0n) is 11.6. The number of aromatic nitrogens is 2. The number of ether oxygens (including phenoxy) is 1. The van der Waals surface area contributed by atoms with Crippen molar-refractivity contribution in [3.8, 4) is 5.69 Å². The topological polar surface area (TPSA) is 73.2 Å². The van der Waals surface area contributed by atoms with E-state index in [4.69, 9.17) is 4.74 Å². The Balaban J connectivity index is 2.47. The molecule has 0 spiro atoms. The van der Waals surface area contributed by atoms with Gasteiger partial charge in [0, 0.05) is 11.4 Å². The Morgan fingerprint density at radius 1 is 1.38 bits per heavy atom. The smallest absolute Gasteiger partial charge is 0.361 e. The van der Waals surface area contributed by atoms with Crippen LogP contribution in [-0.2, 0) is 9.53 Å². The van der Waals surface area contributed by atoms with Crippen LogP contribution in [0.15, 0.2) is 34.9 Å². The van der Waals surface area contributed by atoms with Gasteiger partial charge in [0.2, 0.25) is 5.91 Å². The number of para-hydroxylation sites is 1. The summed E-state index contributed by atoms with van der Waals surface area (Å²) in [6.45, 7) is 3.31. The molecule has 0 aliphatic rings. The van der Waals surface area contributed by atoms with E-state index < -0.39 is 5.97 Å². The number of rotatable bonds is 4. The van der Waals surface area contributed by atoms with Crippen molar-refractivity contribution < 1.29 is 14.3 Å². The van der Waals surface area contributed by atoms with Gasteiger partial charge in [0.15, 0.2) is 5.69 Å². The van der Waals surface area contributed by atoms with Crippen molar-refractivity contribution in [1.29, 1.82) is 0 Å². The molecule has 7 heteroatoms. The molecule has 1 heterocycles. The van der Waals surface area contributed by atoms with Crippen molar-refractivity contribution in [2.24, 2.45) is 0 Å². The maximum atomic E-state index is 11.9. The number of halogens is 1. The number of anilines is 1. The number of esters is 1. The maximum absolute atomic E-state index is 11.9. The van der Waals surface area contributed by atoms with Gasteiger partial charge in [-0.05, 0) is 35.0 Å². The summed E-state index contributed by atoms with van der Waals surface area (Å²) in [5, 5.41) is 6.79. The molecule has 0 aliphatic heterocycles. The SMILES string of the molecule is CCOC(=O)c1nn(-c2ccccc2Br)cc1NC(C)=O. The molecule has 0 radical (unpaired) electrons. The summed E-state index contributed by atoms with van der Waals surface area (Å²) >= 11 is 3.42. The summed E-state index contributed by atoms with van der Waals surface area (Å²) in [5.41, 5.74) is 1.14. The molecule has 0 atom stereocenters. The van der Waals surface area contributed by atoms with Gasteiger partial charge in [0.1, 0.15) is 0 Å². The number of hydrogen-bond acceptors (Lipinski definition) is 4. The molecule has 0 saturated carbocycles. The molecule has 1 N–H and O–H groups in total. The number of nitrogens with zero attached hydrogens (tertiary/aromatic N) is 2. The van der Waals surface area contributed by atoms with E-state index in [1.165, 1.54) is 11.6 Å². The van der Waals surface area contributed by atoms with Crippen LogP contribution in [0.3, 0.4) is 0 Å². The van der Waals surface area contributed by atoms with Crippen LogP contribution < -0.4 is 5.32 Å². The van der Waals surface area contributed by atoms with Gasteiger partial charge in [0.05, 0.1) is 24.2 Å². The first-order valence-electron chi connectivity index (χ1n) is 6.32. The third kappa shape index (κ3) is 3.49. The summed E-state index contributed by atoms with van der Waals surface area (Å²) in [4.78, 5) is 23.2. The molecular weight excluding hydrogens is 338 g/mol. The van der Waals surface area contributed by atoms with Crippen molar-refractivity contribution in [1.82, 2.24) is 9.78 Å². The van der Waals surface area contributed by atoms with Gasteiger partial charge < -0.3 is 10.1 Å². The third-order valence-electron chi connectivity index (χ3n) is 2.59. The summed E-state index contributed by atoms with van der Waals surface area (Å²) in [7, 11) is 0. The van der Waals surface area contributed by atoms with E-state index in [-0.39, 0.29) is 18.2 Å². The number of hydrogen-bond donors (Lipinski definition) is 1. The van der Waals surface area contributed by atoms with Crippen LogP contribution in [0.5, 0.6) is 0 Å². The first kappa shape index (κ1) is 15.2. The standard InChI is InChI=1S/C14H14BrN3O3/c1-3-21-14(20)13-11(16-9(2)19)8-18(17-13)12-7-5-4-6-10(12)15/h4-8H,3H2,1-2H3,(H,16,19). The van der Waals surface area contributed by atoms with Crippen molar-refractivity contribution in [3.63, 3.8) is 0 Å². The monoisotopic (exact) mass is 351 g/mol. The Bertz CT molecular complexity index is 682. The van der Waals surface area contributed by atoms with Gasteiger partial charge in [-0.3, -0.25) is 4.79 Å². The Morgan fingerprint density at radius 2 is 2.10 bits per heavy atom. The molecule has 6 nitrogen and oxygen atoms in total. The summed E-state index contributed by atoms with van der Waals surface area (Å²) in [5.74, 6) is -0.862. The number of benzene rings is 1.